The van der Waals surface area contributed by atoms with Crippen LogP contribution in [0.4, 0.5) is 9.18 Å². The first-order valence-corrected chi connectivity index (χ1v) is 21.9. The molecule has 59 heavy (non-hydrogen) atoms. The second kappa shape index (κ2) is 16.8. The lowest BCUT2D eigenvalue weighted by Gasteiger charge is -2.36. The maximum atomic E-state index is 14.8. The largest absolute Gasteiger partial charge is 0.497 e. The lowest BCUT2D eigenvalue weighted by molar-refractivity contribution is -0.142. The molecule has 0 radical (unpaired) electrons. The second-order valence-corrected chi connectivity index (χ2v) is 19.5. The van der Waals surface area contributed by atoms with Crippen molar-refractivity contribution in [1.82, 2.24) is 20.5 Å². The summed E-state index contributed by atoms with van der Waals surface area (Å²) in [6.07, 6.45) is 3.33. The Hall–Kier alpha value is -5.26. The summed E-state index contributed by atoms with van der Waals surface area (Å²) in [5.74, 6) is -1.13. The first-order chi connectivity index (χ1) is 28.1. The van der Waals surface area contributed by atoms with Crippen LogP contribution in [0.2, 0.25) is 0 Å². The average Bonchev–Trinajstić information content (AvgIpc) is 3.45. The Morgan fingerprint density at radius 3 is 2.46 bits per heavy atom. The van der Waals surface area contributed by atoms with Crippen molar-refractivity contribution in [3.05, 3.63) is 103 Å². The third-order valence-corrected chi connectivity index (χ3v) is 14.3. The molecule has 2 saturated carbocycles. The van der Waals surface area contributed by atoms with Gasteiger partial charge in [-0.2, -0.15) is 0 Å². The Morgan fingerprint density at radius 2 is 1.80 bits per heavy atom. The number of alkyl carbamates (subject to hydrolysis) is 1. The van der Waals surface area contributed by atoms with E-state index < -0.39 is 65.9 Å². The van der Waals surface area contributed by atoms with Gasteiger partial charge in [-0.1, -0.05) is 69.3 Å². The van der Waals surface area contributed by atoms with E-state index in [0.717, 1.165) is 25.7 Å². The van der Waals surface area contributed by atoms with Gasteiger partial charge in [0, 0.05) is 35.4 Å². The predicted molar refractivity (Wildman–Crippen MR) is 222 cm³/mol. The van der Waals surface area contributed by atoms with Crippen LogP contribution in [0, 0.1) is 17.2 Å². The molecule has 2 heterocycles. The van der Waals surface area contributed by atoms with Gasteiger partial charge < -0.3 is 34.6 Å². The molecule has 4 aromatic rings. The number of aromatic nitrogens is 1. The van der Waals surface area contributed by atoms with Gasteiger partial charge in [-0.15, -0.1) is 6.58 Å². The number of pyridine rings is 1. The van der Waals surface area contributed by atoms with E-state index in [1.165, 1.54) is 17.0 Å². The van der Waals surface area contributed by atoms with E-state index in [-0.39, 0.29) is 31.7 Å². The van der Waals surface area contributed by atoms with Gasteiger partial charge in [0.05, 0.1) is 31.0 Å². The molecule has 1 aromatic heterocycles. The van der Waals surface area contributed by atoms with Crippen molar-refractivity contribution < 1.29 is 42.4 Å². The lowest BCUT2D eigenvalue weighted by Crippen LogP contribution is -2.58. The van der Waals surface area contributed by atoms with Gasteiger partial charge in [0.25, 0.3) is 0 Å². The zero-order chi connectivity index (χ0) is 42.1. The highest BCUT2D eigenvalue weighted by Gasteiger charge is 2.65. The molecule has 3 amide bonds. The third-order valence-electron chi connectivity index (χ3n) is 11.7. The molecule has 3 aliphatic rings. The summed E-state index contributed by atoms with van der Waals surface area (Å²) in [7, 11) is -2.55. The van der Waals surface area contributed by atoms with E-state index >= 15 is 0 Å². The van der Waals surface area contributed by atoms with Crippen LogP contribution in [0.25, 0.3) is 22.2 Å². The van der Waals surface area contributed by atoms with Crippen molar-refractivity contribution in [2.75, 3.05) is 13.7 Å². The number of nitrogens with zero attached hydrogens (tertiary/aromatic N) is 2. The first kappa shape index (κ1) is 41.9. The molecule has 1 aliphatic heterocycles. The number of hydrogen-bond donors (Lipinski definition) is 3. The molecular weight excluding hydrogens is 774 g/mol. The van der Waals surface area contributed by atoms with Crippen LogP contribution in [0.1, 0.15) is 64.9 Å². The predicted octanol–water partition coefficient (Wildman–Crippen LogP) is 7.97. The molecule has 312 valence electrons. The van der Waals surface area contributed by atoms with Crippen LogP contribution in [0.3, 0.4) is 0 Å². The number of methoxy groups -OCH3 is 1. The summed E-state index contributed by atoms with van der Waals surface area (Å²) < 4.78 is 46.5. The minimum Gasteiger partial charge on any atom is -0.497 e. The Kier molecular flexibility index (Phi) is 11.9. The fraction of sp³-hybridized carbons (Fsp3) is 0.422. The van der Waals surface area contributed by atoms with E-state index in [1.807, 2.05) is 26.8 Å². The summed E-state index contributed by atoms with van der Waals surface area (Å²) in [4.78, 5) is 60.5. The Morgan fingerprint density at radius 1 is 1.05 bits per heavy atom. The molecule has 2 aliphatic carbocycles. The zero-order valence-electron chi connectivity index (χ0n) is 33.9. The van der Waals surface area contributed by atoms with Crippen LogP contribution in [-0.4, -0.2) is 75.9 Å². The number of carbonyl (C=O) groups is 3. The summed E-state index contributed by atoms with van der Waals surface area (Å²) in [6.45, 7) is 9.26. The van der Waals surface area contributed by atoms with E-state index in [4.69, 9.17) is 19.2 Å². The van der Waals surface area contributed by atoms with Crippen LogP contribution in [-0.2, 0) is 25.1 Å². The van der Waals surface area contributed by atoms with E-state index in [9.17, 15) is 28.2 Å². The number of benzene rings is 3. The summed E-state index contributed by atoms with van der Waals surface area (Å²) in [5, 5.41) is 4.88. The number of fused-ring (bicyclic) bond motifs is 1. The number of halogens is 1. The molecule has 0 bridgehead atoms. The lowest BCUT2D eigenvalue weighted by atomic mass is 9.85. The summed E-state index contributed by atoms with van der Waals surface area (Å²) >= 11 is 0. The Balaban J connectivity index is 1.22. The fourth-order valence-electron chi connectivity index (χ4n) is 8.33. The van der Waals surface area contributed by atoms with Crippen molar-refractivity contribution in [1.29, 1.82) is 0 Å². The standard InChI is InChI=1S/C45H52FN4O8P/c1-6-30-25-45(30,59(54,55)27-28-13-8-7-9-14-28)49-41(51)38-23-34(26-50(38)42(52)40(44(2,3)4)48-43(53)58-32-17-10-11-18-32)57-39-24-36(29-15-12-16-31(46)21-29)47-37-22-33(56-5)19-20-35(37)39/h6-9,12-16,19-22,24,30,32,34,38,40H,1,10-11,17-18,23,25-27H2,2-5H3,(H,48,53)(H,49,51)(H,54,55)/t30-,34-,38+,40-,45+/m1/s1. The number of carbonyl (C=O) groups excluding carboxylic acids is 3. The number of ether oxygens (including phenoxy) is 3. The van der Waals surface area contributed by atoms with Crippen molar-refractivity contribution in [2.24, 2.45) is 11.3 Å². The van der Waals surface area contributed by atoms with Crippen molar-refractivity contribution in [3.8, 4) is 22.8 Å². The first-order valence-electron chi connectivity index (χ1n) is 20.1. The van der Waals surface area contributed by atoms with Gasteiger partial charge in [0.15, 0.2) is 0 Å². The van der Waals surface area contributed by atoms with Crippen molar-refractivity contribution in [2.45, 2.75) is 95.0 Å². The average molecular weight is 827 g/mol. The highest BCUT2D eigenvalue weighted by Crippen LogP contribution is 2.70. The van der Waals surface area contributed by atoms with Crippen LogP contribution in [0.15, 0.2) is 91.5 Å². The second-order valence-electron chi connectivity index (χ2n) is 16.9. The van der Waals surface area contributed by atoms with Gasteiger partial charge in [-0.05, 0) is 67.3 Å². The minimum atomic E-state index is -4.09. The molecule has 3 N–H and O–H groups in total. The topological polar surface area (TPSA) is 156 Å². The molecule has 12 nitrogen and oxygen atoms in total. The van der Waals surface area contributed by atoms with E-state index in [1.54, 1.807) is 73.8 Å². The van der Waals surface area contributed by atoms with Gasteiger partial charge >= 0.3 is 6.09 Å². The molecule has 1 saturated heterocycles. The van der Waals surface area contributed by atoms with Crippen LogP contribution in [0.5, 0.6) is 11.5 Å². The monoisotopic (exact) mass is 826 g/mol. The number of rotatable bonds is 13. The number of hydrogen-bond acceptors (Lipinski definition) is 8. The van der Waals surface area contributed by atoms with Crippen LogP contribution < -0.4 is 20.1 Å². The number of amides is 3. The highest BCUT2D eigenvalue weighted by molar-refractivity contribution is 7.59. The van der Waals surface area contributed by atoms with Gasteiger partial charge in [-0.25, -0.2) is 14.2 Å². The quantitative estimate of drug-likeness (QED) is 0.0899. The normalized spacial score (nSPS) is 23.2. The fourth-order valence-corrected chi connectivity index (χ4v) is 10.7. The maximum absolute atomic E-state index is 14.8. The van der Waals surface area contributed by atoms with Gasteiger partial charge in [-0.3, -0.25) is 14.2 Å². The zero-order valence-corrected chi connectivity index (χ0v) is 34.8. The minimum absolute atomic E-state index is 0.0134. The highest BCUT2D eigenvalue weighted by atomic mass is 31.2. The molecule has 6 atom stereocenters. The summed E-state index contributed by atoms with van der Waals surface area (Å²) in [5.41, 5.74) is 1.30. The SMILES string of the molecule is C=C[C@@H]1C[C@]1(NC(=O)[C@@H]1C[C@@H](Oc2cc(-c3cccc(F)c3)nc3cc(OC)ccc23)CN1C(=O)[C@@H](NC(=O)OC1CCCC1)C(C)(C)C)P(=O)(O)Cc1ccccc1. The smallest absolute Gasteiger partial charge is 0.408 e. The molecule has 3 aromatic carbocycles. The maximum Gasteiger partial charge on any atom is 0.408 e. The van der Waals surface area contributed by atoms with Gasteiger partial charge in [0.1, 0.15) is 46.9 Å². The van der Waals surface area contributed by atoms with Crippen molar-refractivity contribution in [3.63, 3.8) is 0 Å². The molecule has 0 spiro atoms. The molecular formula is C45H52FN4O8P. The van der Waals surface area contributed by atoms with E-state index in [2.05, 4.69) is 17.2 Å². The number of likely N-dealkylation sites (tertiary alicyclic amines) is 1. The van der Waals surface area contributed by atoms with Crippen molar-refractivity contribution >= 4 is 36.2 Å². The Bertz CT molecular complexity index is 2280. The molecule has 14 heteroatoms. The third kappa shape index (κ3) is 9.01. The van der Waals surface area contributed by atoms with Crippen LogP contribution >= 0.6 is 7.37 Å². The number of nitrogens with one attached hydrogen (secondary N) is 2. The Labute approximate surface area is 344 Å². The molecule has 7 rings (SSSR count). The summed E-state index contributed by atoms with van der Waals surface area (Å²) in [6, 6.07) is 19.7. The van der Waals surface area contributed by atoms with E-state index in [0.29, 0.717) is 39.2 Å². The molecule has 3 fully saturated rings. The molecule has 1 unspecified atom stereocenters. The van der Waals surface area contributed by atoms with Gasteiger partial charge in [0.2, 0.25) is 19.2 Å².